The Balaban J connectivity index is 2.33. The summed E-state index contributed by atoms with van der Waals surface area (Å²) in [5, 5.41) is 3.72. The van der Waals surface area contributed by atoms with Gasteiger partial charge in [-0.05, 0) is 42.7 Å². The van der Waals surface area contributed by atoms with Gasteiger partial charge in [-0.15, -0.1) is 0 Å². The number of hydrogen-bond donors (Lipinski definition) is 1. The average Bonchev–Trinajstić information content (AvgIpc) is 2.60. The normalized spacial score (nSPS) is 12.5. The number of carbonyl (C=O) groups is 1. The first-order chi connectivity index (χ1) is 12.6. The second-order valence-corrected chi connectivity index (χ2v) is 8.93. The molecule has 1 amide bonds. The van der Waals surface area contributed by atoms with Crippen molar-refractivity contribution < 1.29 is 13.2 Å². The predicted octanol–water partition coefficient (Wildman–Crippen LogP) is 4.16. The lowest BCUT2D eigenvalue weighted by molar-refractivity contribution is -0.122. The third-order valence-electron chi connectivity index (χ3n) is 4.15. The molecule has 0 aliphatic carbocycles. The topological polar surface area (TPSA) is 66.5 Å². The molecule has 2 rings (SSSR count). The van der Waals surface area contributed by atoms with Gasteiger partial charge in [0.2, 0.25) is 15.9 Å². The molecule has 0 heterocycles. The van der Waals surface area contributed by atoms with E-state index in [9.17, 15) is 13.2 Å². The predicted molar refractivity (Wildman–Crippen MR) is 111 cm³/mol. The van der Waals surface area contributed by atoms with Crippen LogP contribution in [0.5, 0.6) is 0 Å². The van der Waals surface area contributed by atoms with Gasteiger partial charge in [0.25, 0.3) is 0 Å². The second kappa shape index (κ2) is 8.95. The number of carbonyl (C=O) groups excluding carboxylic acids is 1. The van der Waals surface area contributed by atoms with Crippen molar-refractivity contribution in [1.29, 1.82) is 0 Å². The van der Waals surface area contributed by atoms with Crippen LogP contribution in [0, 0.1) is 6.92 Å². The van der Waals surface area contributed by atoms with Crippen LogP contribution in [0.1, 0.15) is 24.5 Å². The molecule has 2 aromatic carbocycles. The van der Waals surface area contributed by atoms with Crippen molar-refractivity contribution in [3.05, 3.63) is 63.6 Å². The summed E-state index contributed by atoms with van der Waals surface area (Å²) < 4.78 is 26.2. The van der Waals surface area contributed by atoms with E-state index < -0.39 is 22.0 Å². The Labute approximate surface area is 170 Å². The van der Waals surface area contributed by atoms with Crippen LogP contribution in [0.15, 0.2) is 42.5 Å². The number of nitrogens with one attached hydrogen (secondary N) is 1. The molecule has 0 aliphatic heterocycles. The van der Waals surface area contributed by atoms with Crippen LogP contribution in [-0.2, 0) is 21.4 Å². The summed E-state index contributed by atoms with van der Waals surface area (Å²) in [4.78, 5) is 12.8. The molecule has 0 aliphatic rings. The molecule has 5 nitrogen and oxygen atoms in total. The lowest BCUT2D eigenvalue weighted by Crippen LogP contribution is -2.49. The molecule has 1 unspecified atom stereocenters. The molecule has 8 heteroatoms. The molecule has 27 heavy (non-hydrogen) atoms. The number of halogens is 2. The van der Waals surface area contributed by atoms with E-state index in [1.54, 1.807) is 50.2 Å². The number of amides is 1. The van der Waals surface area contributed by atoms with E-state index in [0.29, 0.717) is 27.7 Å². The first-order valence-corrected chi connectivity index (χ1v) is 11.0. The van der Waals surface area contributed by atoms with Crippen LogP contribution in [0.2, 0.25) is 10.0 Å². The Bertz CT molecular complexity index is 932. The summed E-state index contributed by atoms with van der Waals surface area (Å²) in [6, 6.07) is 11.2. The van der Waals surface area contributed by atoms with E-state index >= 15 is 0 Å². The zero-order valence-corrected chi connectivity index (χ0v) is 17.7. The Morgan fingerprint density at radius 3 is 2.44 bits per heavy atom. The van der Waals surface area contributed by atoms with Gasteiger partial charge in [-0.2, -0.15) is 0 Å². The highest BCUT2D eigenvalue weighted by molar-refractivity contribution is 7.92. The maximum Gasteiger partial charge on any atom is 0.244 e. The maximum atomic E-state index is 12.8. The molecule has 0 fully saturated rings. The van der Waals surface area contributed by atoms with Crippen molar-refractivity contribution in [3.63, 3.8) is 0 Å². The summed E-state index contributed by atoms with van der Waals surface area (Å²) in [5.74, 6) is -0.401. The first-order valence-electron chi connectivity index (χ1n) is 8.41. The van der Waals surface area contributed by atoms with E-state index in [1.807, 2.05) is 6.07 Å². The van der Waals surface area contributed by atoms with Gasteiger partial charge in [0.05, 0.1) is 11.9 Å². The highest BCUT2D eigenvalue weighted by atomic mass is 35.5. The van der Waals surface area contributed by atoms with Gasteiger partial charge in [-0.3, -0.25) is 9.10 Å². The molecule has 0 spiro atoms. The minimum absolute atomic E-state index is 0.209. The zero-order chi connectivity index (χ0) is 20.2. The summed E-state index contributed by atoms with van der Waals surface area (Å²) in [7, 11) is -3.72. The van der Waals surface area contributed by atoms with Crippen molar-refractivity contribution in [1.82, 2.24) is 5.32 Å². The van der Waals surface area contributed by atoms with Gasteiger partial charge in [0.1, 0.15) is 6.04 Å². The number of aryl methyl sites for hydroxylation is 1. The van der Waals surface area contributed by atoms with Gasteiger partial charge < -0.3 is 5.32 Å². The molecule has 1 N–H and O–H groups in total. The number of rotatable bonds is 7. The third kappa shape index (κ3) is 5.37. The molecule has 146 valence electrons. The van der Waals surface area contributed by atoms with E-state index in [0.717, 1.165) is 16.1 Å². The van der Waals surface area contributed by atoms with Crippen molar-refractivity contribution in [2.45, 2.75) is 32.9 Å². The molecular weight excluding hydrogens is 407 g/mol. The lowest BCUT2D eigenvalue weighted by Gasteiger charge is -2.31. The highest BCUT2D eigenvalue weighted by Gasteiger charge is 2.32. The van der Waals surface area contributed by atoms with Crippen LogP contribution in [0.4, 0.5) is 5.69 Å². The summed E-state index contributed by atoms with van der Waals surface area (Å²) in [6.07, 6.45) is 1.38. The molecule has 0 saturated carbocycles. The highest BCUT2D eigenvalue weighted by Crippen LogP contribution is 2.29. The molecule has 0 saturated heterocycles. The summed E-state index contributed by atoms with van der Waals surface area (Å²) in [6.45, 7) is 3.75. The Kier molecular flexibility index (Phi) is 7.14. The quantitative estimate of drug-likeness (QED) is 0.719. The van der Waals surface area contributed by atoms with Crippen LogP contribution in [0.3, 0.4) is 0 Å². The van der Waals surface area contributed by atoms with Crippen LogP contribution in [-0.4, -0.2) is 26.6 Å². The number of nitrogens with zero attached hydrogens (tertiary/aromatic N) is 1. The van der Waals surface area contributed by atoms with Gasteiger partial charge in [-0.1, -0.05) is 54.4 Å². The Morgan fingerprint density at radius 1 is 1.19 bits per heavy atom. The van der Waals surface area contributed by atoms with E-state index in [4.69, 9.17) is 23.2 Å². The fourth-order valence-corrected chi connectivity index (χ4v) is 4.43. The van der Waals surface area contributed by atoms with Crippen LogP contribution in [0.25, 0.3) is 0 Å². The van der Waals surface area contributed by atoms with Gasteiger partial charge in [0.15, 0.2) is 0 Å². The fraction of sp³-hybridized carbons (Fsp3) is 0.316. The van der Waals surface area contributed by atoms with Gasteiger partial charge in [-0.25, -0.2) is 8.42 Å². The smallest absolute Gasteiger partial charge is 0.244 e. The number of anilines is 1. The number of sulfonamides is 1. The molecule has 0 radical (unpaired) electrons. The maximum absolute atomic E-state index is 12.8. The van der Waals surface area contributed by atoms with Crippen molar-refractivity contribution in [3.8, 4) is 0 Å². The molecule has 1 atom stereocenters. The van der Waals surface area contributed by atoms with Crippen LogP contribution >= 0.6 is 23.2 Å². The SMILES string of the molecule is CCC(C(=O)NCc1ccccc1Cl)N(c1cc(Cl)ccc1C)S(C)(=O)=O. The summed E-state index contributed by atoms with van der Waals surface area (Å²) in [5.41, 5.74) is 1.86. The van der Waals surface area contributed by atoms with Crippen molar-refractivity contribution in [2.75, 3.05) is 10.6 Å². The first kappa shape index (κ1) is 21.5. The Morgan fingerprint density at radius 2 is 1.85 bits per heavy atom. The minimum Gasteiger partial charge on any atom is -0.350 e. The molecule has 0 aromatic heterocycles. The zero-order valence-electron chi connectivity index (χ0n) is 15.4. The third-order valence-corrected chi connectivity index (χ3v) is 5.92. The average molecular weight is 429 g/mol. The Hall–Kier alpha value is -1.76. The van der Waals surface area contributed by atoms with Gasteiger partial charge in [0, 0.05) is 16.6 Å². The van der Waals surface area contributed by atoms with Crippen molar-refractivity contribution in [2.24, 2.45) is 0 Å². The number of hydrogen-bond acceptors (Lipinski definition) is 3. The second-order valence-electron chi connectivity index (χ2n) is 6.22. The van der Waals surface area contributed by atoms with E-state index in [2.05, 4.69) is 5.32 Å². The summed E-state index contributed by atoms with van der Waals surface area (Å²) >= 11 is 12.2. The molecule has 2 aromatic rings. The van der Waals surface area contributed by atoms with Crippen LogP contribution < -0.4 is 9.62 Å². The van der Waals surface area contributed by atoms with E-state index in [1.165, 1.54) is 0 Å². The fourth-order valence-electron chi connectivity index (χ4n) is 2.80. The van der Waals surface area contributed by atoms with E-state index in [-0.39, 0.29) is 6.54 Å². The largest absolute Gasteiger partial charge is 0.350 e. The standard InChI is InChI=1S/C19H22Cl2N2O3S/c1-4-17(19(24)22-12-14-7-5-6-8-16(14)21)23(27(3,25)26)18-11-15(20)10-9-13(18)2/h5-11,17H,4,12H2,1-3H3,(H,22,24). The lowest BCUT2D eigenvalue weighted by atomic mass is 10.1. The van der Waals surface area contributed by atoms with Crippen molar-refractivity contribution >= 4 is 44.8 Å². The number of benzene rings is 2. The van der Waals surface area contributed by atoms with Gasteiger partial charge >= 0.3 is 0 Å². The minimum atomic E-state index is -3.72. The molecule has 0 bridgehead atoms. The monoisotopic (exact) mass is 428 g/mol. The molecular formula is C19H22Cl2N2O3S.